The molecule has 7 nitrogen and oxygen atoms in total. The van der Waals surface area contributed by atoms with Crippen molar-refractivity contribution in [2.45, 2.75) is 27.3 Å². The molecule has 0 aliphatic heterocycles. The molecule has 0 saturated heterocycles. The van der Waals surface area contributed by atoms with Crippen molar-refractivity contribution < 1.29 is 14.4 Å². The number of nitrogens with one attached hydrogen (secondary N) is 4. The van der Waals surface area contributed by atoms with Crippen molar-refractivity contribution in [3.05, 3.63) is 64.2 Å². The Morgan fingerprint density at radius 1 is 0.893 bits per heavy atom. The number of aryl methyl sites for hydroxylation is 3. The van der Waals surface area contributed by atoms with Crippen LogP contribution < -0.4 is 21.3 Å². The van der Waals surface area contributed by atoms with Crippen LogP contribution in [-0.4, -0.2) is 31.4 Å². The highest BCUT2D eigenvalue weighted by Crippen LogP contribution is 2.21. The number of rotatable bonds is 6. The van der Waals surface area contributed by atoms with Gasteiger partial charge in [-0.2, -0.15) is 0 Å². The minimum absolute atomic E-state index is 0.131. The van der Waals surface area contributed by atoms with Crippen molar-refractivity contribution in [2.75, 3.05) is 18.9 Å². The third kappa shape index (κ3) is 5.84. The van der Waals surface area contributed by atoms with Gasteiger partial charge in [0.2, 0.25) is 5.91 Å². The Kier molecular flexibility index (Phi) is 7.14. The second-order valence-electron chi connectivity index (χ2n) is 6.63. The van der Waals surface area contributed by atoms with Crippen molar-refractivity contribution >= 4 is 23.5 Å². The maximum Gasteiger partial charge on any atom is 0.315 e. The molecular weight excluding hydrogens is 356 g/mol. The standard InChI is InChI=1S/C21H26N4O3/c1-13-9-14(2)19(15(3)10-13)25-18(26)12-24-21(28)23-11-16-5-7-17(8-6-16)20(27)22-4/h5-10H,11-12H2,1-4H3,(H,22,27)(H,25,26)(H2,23,24,28). The fourth-order valence-electron chi connectivity index (χ4n) is 2.88. The Bertz CT molecular complexity index is 853. The van der Waals surface area contributed by atoms with Crippen LogP contribution in [0.3, 0.4) is 0 Å². The summed E-state index contributed by atoms with van der Waals surface area (Å²) < 4.78 is 0. The van der Waals surface area contributed by atoms with Gasteiger partial charge >= 0.3 is 6.03 Å². The maximum atomic E-state index is 12.1. The van der Waals surface area contributed by atoms with Gasteiger partial charge in [0.1, 0.15) is 0 Å². The Morgan fingerprint density at radius 2 is 1.50 bits per heavy atom. The lowest BCUT2D eigenvalue weighted by molar-refractivity contribution is -0.115. The first-order valence-corrected chi connectivity index (χ1v) is 9.00. The first-order valence-electron chi connectivity index (χ1n) is 9.00. The lowest BCUT2D eigenvalue weighted by Gasteiger charge is -2.13. The maximum absolute atomic E-state index is 12.1. The van der Waals surface area contributed by atoms with Crippen molar-refractivity contribution in [1.82, 2.24) is 16.0 Å². The molecule has 2 rings (SSSR count). The molecule has 0 saturated carbocycles. The molecule has 0 spiro atoms. The monoisotopic (exact) mass is 382 g/mol. The second kappa shape index (κ2) is 9.55. The third-order valence-corrected chi connectivity index (χ3v) is 4.25. The lowest BCUT2D eigenvalue weighted by atomic mass is 10.1. The van der Waals surface area contributed by atoms with Crippen LogP contribution in [0.15, 0.2) is 36.4 Å². The Labute approximate surface area is 164 Å². The van der Waals surface area contributed by atoms with E-state index in [1.807, 2.05) is 32.9 Å². The van der Waals surface area contributed by atoms with Gasteiger partial charge in [-0.25, -0.2) is 4.79 Å². The van der Waals surface area contributed by atoms with Crippen LogP contribution in [0.5, 0.6) is 0 Å². The van der Waals surface area contributed by atoms with Crippen LogP contribution in [0.25, 0.3) is 0 Å². The predicted molar refractivity (Wildman–Crippen MR) is 109 cm³/mol. The van der Waals surface area contributed by atoms with Crippen LogP contribution in [-0.2, 0) is 11.3 Å². The molecule has 7 heteroatoms. The molecular formula is C21H26N4O3. The van der Waals surface area contributed by atoms with E-state index < -0.39 is 6.03 Å². The molecule has 0 unspecified atom stereocenters. The molecule has 148 valence electrons. The van der Waals surface area contributed by atoms with Gasteiger partial charge < -0.3 is 21.3 Å². The summed E-state index contributed by atoms with van der Waals surface area (Å²) in [5.74, 6) is -0.456. The van der Waals surface area contributed by atoms with E-state index in [4.69, 9.17) is 0 Å². The molecule has 0 aliphatic carbocycles. The lowest BCUT2D eigenvalue weighted by Crippen LogP contribution is -2.39. The van der Waals surface area contributed by atoms with Crippen LogP contribution in [0.1, 0.15) is 32.6 Å². The van der Waals surface area contributed by atoms with Gasteiger partial charge in [-0.1, -0.05) is 29.8 Å². The highest BCUT2D eigenvalue weighted by atomic mass is 16.2. The molecule has 0 fully saturated rings. The predicted octanol–water partition coefficient (Wildman–Crippen LogP) is 2.41. The number of amides is 4. The summed E-state index contributed by atoms with van der Waals surface area (Å²) in [6, 6.07) is 10.5. The van der Waals surface area contributed by atoms with E-state index in [0.29, 0.717) is 5.56 Å². The summed E-state index contributed by atoms with van der Waals surface area (Å²) in [5, 5.41) is 10.6. The normalized spacial score (nSPS) is 10.1. The van der Waals surface area contributed by atoms with Gasteiger partial charge in [0, 0.05) is 24.8 Å². The highest BCUT2D eigenvalue weighted by molar-refractivity contribution is 5.95. The molecule has 2 aromatic rings. The molecule has 0 aromatic heterocycles. The summed E-state index contributed by atoms with van der Waals surface area (Å²) in [4.78, 5) is 35.5. The van der Waals surface area contributed by atoms with Crippen molar-refractivity contribution in [3.63, 3.8) is 0 Å². The molecule has 0 aliphatic rings. The van der Waals surface area contributed by atoms with Gasteiger partial charge in [0.25, 0.3) is 5.91 Å². The molecule has 0 atom stereocenters. The van der Waals surface area contributed by atoms with Gasteiger partial charge in [-0.3, -0.25) is 9.59 Å². The van der Waals surface area contributed by atoms with Crippen LogP contribution in [0, 0.1) is 20.8 Å². The minimum atomic E-state index is -0.442. The molecule has 2 aromatic carbocycles. The topological polar surface area (TPSA) is 99.3 Å². The van der Waals surface area contributed by atoms with E-state index in [2.05, 4.69) is 21.3 Å². The molecule has 4 amide bonds. The molecule has 0 bridgehead atoms. The number of benzene rings is 2. The summed E-state index contributed by atoms with van der Waals surface area (Å²) in [7, 11) is 1.57. The zero-order valence-electron chi connectivity index (χ0n) is 16.6. The number of hydrogen-bond acceptors (Lipinski definition) is 3. The van der Waals surface area contributed by atoms with Gasteiger partial charge in [0.15, 0.2) is 0 Å². The van der Waals surface area contributed by atoms with E-state index in [0.717, 1.165) is 27.9 Å². The molecule has 28 heavy (non-hydrogen) atoms. The fourth-order valence-corrected chi connectivity index (χ4v) is 2.88. The van der Waals surface area contributed by atoms with E-state index in [1.54, 1.807) is 31.3 Å². The quantitative estimate of drug-likeness (QED) is 0.617. The Morgan fingerprint density at radius 3 is 2.07 bits per heavy atom. The Hall–Kier alpha value is -3.35. The SMILES string of the molecule is CNC(=O)c1ccc(CNC(=O)NCC(=O)Nc2c(C)cc(C)cc2C)cc1. The summed E-state index contributed by atoms with van der Waals surface area (Å²) >= 11 is 0. The van der Waals surface area contributed by atoms with E-state index in [1.165, 1.54) is 0 Å². The zero-order valence-corrected chi connectivity index (χ0v) is 16.6. The summed E-state index contributed by atoms with van der Waals surface area (Å²) in [6.07, 6.45) is 0. The number of hydrogen-bond donors (Lipinski definition) is 4. The van der Waals surface area contributed by atoms with Gasteiger partial charge in [0.05, 0.1) is 6.54 Å². The molecule has 4 N–H and O–H groups in total. The first kappa shape index (κ1) is 21.0. The van der Waals surface area contributed by atoms with Gasteiger partial charge in [-0.15, -0.1) is 0 Å². The molecule has 0 radical (unpaired) electrons. The zero-order chi connectivity index (χ0) is 20.7. The average molecular weight is 382 g/mol. The minimum Gasteiger partial charge on any atom is -0.355 e. The molecule has 0 heterocycles. The average Bonchev–Trinajstić information content (AvgIpc) is 2.67. The largest absolute Gasteiger partial charge is 0.355 e. The fraction of sp³-hybridized carbons (Fsp3) is 0.286. The van der Waals surface area contributed by atoms with Crippen LogP contribution in [0.4, 0.5) is 10.5 Å². The Balaban J connectivity index is 1.79. The van der Waals surface area contributed by atoms with E-state index >= 15 is 0 Å². The van der Waals surface area contributed by atoms with E-state index in [-0.39, 0.29) is 24.9 Å². The number of urea groups is 1. The van der Waals surface area contributed by atoms with E-state index in [9.17, 15) is 14.4 Å². The number of carbonyl (C=O) groups excluding carboxylic acids is 3. The second-order valence-corrected chi connectivity index (χ2v) is 6.63. The third-order valence-electron chi connectivity index (χ3n) is 4.25. The van der Waals surface area contributed by atoms with Crippen LogP contribution >= 0.6 is 0 Å². The van der Waals surface area contributed by atoms with Gasteiger partial charge in [-0.05, 0) is 49.6 Å². The summed E-state index contributed by atoms with van der Waals surface area (Å²) in [6.45, 7) is 6.03. The summed E-state index contributed by atoms with van der Waals surface area (Å²) in [5.41, 5.74) is 5.26. The highest BCUT2D eigenvalue weighted by Gasteiger charge is 2.10. The van der Waals surface area contributed by atoms with Crippen molar-refractivity contribution in [3.8, 4) is 0 Å². The van der Waals surface area contributed by atoms with Crippen molar-refractivity contribution in [2.24, 2.45) is 0 Å². The number of anilines is 1. The first-order chi connectivity index (χ1) is 13.3. The van der Waals surface area contributed by atoms with Crippen LogP contribution in [0.2, 0.25) is 0 Å². The number of carbonyl (C=O) groups is 3. The smallest absolute Gasteiger partial charge is 0.315 e. The van der Waals surface area contributed by atoms with Crippen molar-refractivity contribution in [1.29, 1.82) is 0 Å².